The number of nitrogens with zero attached hydrogens (tertiary/aromatic N) is 3. The lowest BCUT2D eigenvalue weighted by molar-refractivity contribution is 0.0528. The first-order valence-corrected chi connectivity index (χ1v) is 8.68. The van der Waals surface area contributed by atoms with Gasteiger partial charge >= 0.3 is 5.97 Å². The van der Waals surface area contributed by atoms with Gasteiger partial charge in [-0.15, -0.1) is 0 Å². The third kappa shape index (κ3) is 4.22. The van der Waals surface area contributed by atoms with E-state index in [2.05, 4.69) is 10.1 Å². The van der Waals surface area contributed by atoms with Crippen molar-refractivity contribution in [2.24, 2.45) is 0 Å². The predicted octanol–water partition coefficient (Wildman–Crippen LogP) is 2.01. The summed E-state index contributed by atoms with van der Waals surface area (Å²) in [6.45, 7) is 2.94. The molecule has 0 fully saturated rings. The second-order valence-electron chi connectivity index (χ2n) is 6.23. The van der Waals surface area contributed by atoms with E-state index in [1.807, 2.05) is 11.9 Å². The van der Waals surface area contributed by atoms with Crippen LogP contribution in [0, 0.1) is 5.82 Å². The van der Waals surface area contributed by atoms with Gasteiger partial charge in [0.25, 0.3) is 5.56 Å². The third-order valence-corrected chi connectivity index (χ3v) is 4.20. The van der Waals surface area contributed by atoms with Crippen molar-refractivity contribution in [2.75, 3.05) is 20.2 Å². The fraction of sp³-hybridized carbons (Fsp3) is 0.316. The molecule has 0 aliphatic rings. The van der Waals surface area contributed by atoms with Crippen molar-refractivity contribution in [1.82, 2.24) is 19.5 Å². The van der Waals surface area contributed by atoms with E-state index in [1.54, 1.807) is 25.1 Å². The number of likely N-dealkylation sites (N-methyl/N-ethyl adjacent to an activating group) is 1. The molecule has 3 aromatic rings. The van der Waals surface area contributed by atoms with Crippen molar-refractivity contribution in [3.8, 4) is 0 Å². The van der Waals surface area contributed by atoms with Crippen LogP contribution in [0.25, 0.3) is 5.65 Å². The minimum absolute atomic E-state index is 0.213. The standard InChI is InChI=1S/C19H21FN4O3/c1-3-27-19(26)15-11-21-24-17(25)10-14(22-18(15)24)12-23(2)9-8-13-6-4-5-7-16(13)20/h4-7,10-11,21H,3,8-9,12H2,1-2H3. The molecule has 3 rings (SSSR count). The zero-order valence-electron chi connectivity index (χ0n) is 15.2. The molecule has 0 radical (unpaired) electrons. The summed E-state index contributed by atoms with van der Waals surface area (Å²) in [4.78, 5) is 30.7. The number of hydrogen-bond donors (Lipinski definition) is 1. The first-order chi connectivity index (χ1) is 13.0. The highest BCUT2D eigenvalue weighted by atomic mass is 19.1. The van der Waals surface area contributed by atoms with Gasteiger partial charge in [0.1, 0.15) is 11.4 Å². The second-order valence-corrected chi connectivity index (χ2v) is 6.23. The van der Waals surface area contributed by atoms with Crippen molar-refractivity contribution >= 4 is 11.6 Å². The first-order valence-electron chi connectivity index (χ1n) is 8.68. The third-order valence-electron chi connectivity index (χ3n) is 4.20. The number of fused-ring (bicyclic) bond motifs is 1. The molecule has 142 valence electrons. The number of H-pyrrole nitrogens is 1. The van der Waals surface area contributed by atoms with Crippen molar-refractivity contribution in [2.45, 2.75) is 19.9 Å². The number of esters is 1. The van der Waals surface area contributed by atoms with E-state index in [0.29, 0.717) is 30.8 Å². The van der Waals surface area contributed by atoms with Gasteiger partial charge in [-0.3, -0.25) is 9.89 Å². The van der Waals surface area contributed by atoms with E-state index in [4.69, 9.17) is 4.74 Å². The van der Waals surface area contributed by atoms with Gasteiger partial charge in [-0.2, -0.15) is 0 Å². The van der Waals surface area contributed by atoms with E-state index in [1.165, 1.54) is 22.8 Å². The normalized spacial score (nSPS) is 11.3. The maximum absolute atomic E-state index is 13.7. The Morgan fingerprint density at radius 2 is 2.15 bits per heavy atom. The average Bonchev–Trinajstić information content (AvgIpc) is 3.06. The molecule has 1 aromatic carbocycles. The van der Waals surface area contributed by atoms with Crippen molar-refractivity contribution in [3.63, 3.8) is 0 Å². The summed E-state index contributed by atoms with van der Waals surface area (Å²) in [5, 5.41) is 2.71. The molecule has 0 bridgehead atoms. The first kappa shape index (κ1) is 18.8. The average molecular weight is 372 g/mol. The lowest BCUT2D eigenvalue weighted by Crippen LogP contribution is -2.24. The van der Waals surface area contributed by atoms with Gasteiger partial charge in [-0.05, 0) is 32.0 Å². The number of aromatic amines is 1. The van der Waals surface area contributed by atoms with E-state index in [9.17, 15) is 14.0 Å². The Kier molecular flexibility index (Phi) is 5.66. The Morgan fingerprint density at radius 1 is 1.37 bits per heavy atom. The largest absolute Gasteiger partial charge is 0.462 e. The summed E-state index contributed by atoms with van der Waals surface area (Å²) in [5.74, 6) is -0.761. The summed E-state index contributed by atoms with van der Waals surface area (Å²) in [5.41, 5.74) is 1.31. The number of rotatable bonds is 7. The zero-order chi connectivity index (χ0) is 19.4. The van der Waals surface area contributed by atoms with Crippen LogP contribution in [0.15, 0.2) is 41.3 Å². The number of benzene rings is 1. The van der Waals surface area contributed by atoms with Crippen molar-refractivity contribution in [1.29, 1.82) is 0 Å². The van der Waals surface area contributed by atoms with Gasteiger partial charge in [0.2, 0.25) is 0 Å². The van der Waals surface area contributed by atoms with Crippen LogP contribution in [0.2, 0.25) is 0 Å². The molecule has 1 N–H and O–H groups in total. The van der Waals surface area contributed by atoms with E-state index >= 15 is 0 Å². The molecule has 0 unspecified atom stereocenters. The lowest BCUT2D eigenvalue weighted by atomic mass is 10.1. The quantitative estimate of drug-likeness (QED) is 0.642. The molecule has 8 heteroatoms. The van der Waals surface area contributed by atoms with Gasteiger partial charge in [-0.1, -0.05) is 18.2 Å². The van der Waals surface area contributed by atoms with Crippen molar-refractivity contribution < 1.29 is 13.9 Å². The molecule has 0 amide bonds. The number of nitrogens with one attached hydrogen (secondary N) is 1. The summed E-state index contributed by atoms with van der Waals surface area (Å²) >= 11 is 0. The Morgan fingerprint density at radius 3 is 2.89 bits per heavy atom. The van der Waals surface area contributed by atoms with Crippen LogP contribution in [0.5, 0.6) is 0 Å². The summed E-state index contributed by atoms with van der Waals surface area (Å²) in [6.07, 6.45) is 1.95. The monoisotopic (exact) mass is 372 g/mol. The Balaban J connectivity index is 1.76. The zero-order valence-corrected chi connectivity index (χ0v) is 15.2. The van der Waals surface area contributed by atoms with Gasteiger partial charge in [0.05, 0.1) is 12.3 Å². The van der Waals surface area contributed by atoms with Crippen LogP contribution in [-0.4, -0.2) is 45.7 Å². The SMILES string of the molecule is CCOC(=O)c1c[nH]n2c(=O)cc(CN(C)CCc3ccccc3F)nc12. The Bertz CT molecular complexity index is 1010. The molecule has 0 spiro atoms. The van der Waals surface area contributed by atoms with Gasteiger partial charge in [-0.25, -0.2) is 18.7 Å². The number of halogens is 1. The fourth-order valence-electron chi connectivity index (χ4n) is 2.84. The Hall–Kier alpha value is -3.00. The molecule has 0 saturated carbocycles. The lowest BCUT2D eigenvalue weighted by Gasteiger charge is -2.16. The molecular formula is C19H21FN4O3. The summed E-state index contributed by atoms with van der Waals surface area (Å²) in [6, 6.07) is 8.07. The molecule has 2 heterocycles. The molecule has 0 saturated heterocycles. The maximum atomic E-state index is 13.7. The molecule has 7 nitrogen and oxygen atoms in total. The summed E-state index contributed by atoms with van der Waals surface area (Å²) < 4.78 is 19.9. The van der Waals surface area contributed by atoms with E-state index in [0.717, 1.165) is 0 Å². The smallest absolute Gasteiger partial charge is 0.343 e. The highest BCUT2D eigenvalue weighted by Gasteiger charge is 2.17. The number of carbonyl (C=O) groups excluding carboxylic acids is 1. The van der Waals surface area contributed by atoms with Crippen LogP contribution < -0.4 is 5.56 Å². The molecular weight excluding hydrogens is 351 g/mol. The number of ether oxygens (including phenoxy) is 1. The highest BCUT2D eigenvalue weighted by molar-refractivity contribution is 5.95. The number of aromatic nitrogens is 3. The van der Waals surface area contributed by atoms with Crippen LogP contribution in [0.1, 0.15) is 28.5 Å². The van der Waals surface area contributed by atoms with Crippen molar-refractivity contribution in [3.05, 3.63) is 69.5 Å². The van der Waals surface area contributed by atoms with Crippen LogP contribution in [0.3, 0.4) is 0 Å². The van der Waals surface area contributed by atoms with E-state index < -0.39 is 5.97 Å². The minimum Gasteiger partial charge on any atom is -0.462 e. The molecule has 0 atom stereocenters. The van der Waals surface area contributed by atoms with Crippen LogP contribution >= 0.6 is 0 Å². The van der Waals surface area contributed by atoms with Gasteiger partial charge in [0, 0.05) is 25.4 Å². The topological polar surface area (TPSA) is 79.7 Å². The van der Waals surface area contributed by atoms with Gasteiger partial charge < -0.3 is 9.64 Å². The summed E-state index contributed by atoms with van der Waals surface area (Å²) in [7, 11) is 1.87. The maximum Gasteiger partial charge on any atom is 0.343 e. The Labute approximate surface area is 155 Å². The minimum atomic E-state index is -0.534. The molecule has 0 aliphatic heterocycles. The molecule has 0 aliphatic carbocycles. The molecule has 2 aromatic heterocycles. The van der Waals surface area contributed by atoms with Crippen LogP contribution in [0.4, 0.5) is 4.39 Å². The highest BCUT2D eigenvalue weighted by Crippen LogP contribution is 2.11. The van der Waals surface area contributed by atoms with E-state index in [-0.39, 0.29) is 29.2 Å². The number of hydrogen-bond acceptors (Lipinski definition) is 5. The predicted molar refractivity (Wildman–Crippen MR) is 98.2 cm³/mol. The molecule has 27 heavy (non-hydrogen) atoms. The van der Waals surface area contributed by atoms with Gasteiger partial charge in [0.15, 0.2) is 5.65 Å². The van der Waals surface area contributed by atoms with Crippen LogP contribution in [-0.2, 0) is 17.7 Å². The fourth-order valence-corrected chi connectivity index (χ4v) is 2.84. The number of carbonyl (C=O) groups is 1. The second kappa shape index (κ2) is 8.13.